The quantitative estimate of drug-likeness (QED) is 0.661. The molecule has 1 heterocycles. The number of carboxylic acid groups (broad SMARTS) is 1. The van der Waals surface area contributed by atoms with E-state index in [1.54, 1.807) is 13.8 Å². The van der Waals surface area contributed by atoms with Crippen LogP contribution in [0.1, 0.15) is 27.2 Å². The van der Waals surface area contributed by atoms with Gasteiger partial charge in [-0.3, -0.25) is 19.3 Å². The van der Waals surface area contributed by atoms with Gasteiger partial charge in [0.05, 0.1) is 5.25 Å². The Morgan fingerprint density at radius 2 is 2.05 bits per heavy atom. The van der Waals surface area contributed by atoms with Crippen LogP contribution >= 0.6 is 11.8 Å². The van der Waals surface area contributed by atoms with Gasteiger partial charge in [-0.05, 0) is 13.8 Å². The van der Waals surface area contributed by atoms with Gasteiger partial charge in [0, 0.05) is 25.1 Å². The molecule has 20 heavy (non-hydrogen) atoms. The number of aliphatic carboxylic acids is 1. The first kappa shape index (κ1) is 16.5. The van der Waals surface area contributed by atoms with Crippen LogP contribution in [0.2, 0.25) is 0 Å². The Labute approximate surface area is 121 Å². The van der Waals surface area contributed by atoms with Crippen LogP contribution < -0.4 is 5.32 Å². The van der Waals surface area contributed by atoms with Crippen molar-refractivity contribution >= 4 is 35.5 Å². The molecule has 0 aromatic rings. The molecule has 7 nitrogen and oxygen atoms in total. The Morgan fingerprint density at radius 1 is 1.45 bits per heavy atom. The van der Waals surface area contributed by atoms with E-state index >= 15 is 0 Å². The van der Waals surface area contributed by atoms with Crippen molar-refractivity contribution in [3.05, 3.63) is 0 Å². The molecule has 112 valence electrons. The van der Waals surface area contributed by atoms with Crippen molar-refractivity contribution in [1.82, 2.24) is 10.2 Å². The van der Waals surface area contributed by atoms with E-state index < -0.39 is 23.2 Å². The first-order valence-electron chi connectivity index (χ1n) is 6.21. The van der Waals surface area contributed by atoms with Crippen molar-refractivity contribution in [2.24, 2.45) is 0 Å². The fourth-order valence-corrected chi connectivity index (χ4v) is 3.09. The number of likely N-dealkylation sites (tertiary alicyclic amines) is 1. The second-order valence-corrected chi connectivity index (χ2v) is 6.05. The molecule has 0 aromatic heterocycles. The smallest absolute Gasteiger partial charge is 0.327 e. The first-order chi connectivity index (χ1) is 9.23. The summed E-state index contributed by atoms with van der Waals surface area (Å²) in [5, 5.41) is 10.7. The molecule has 1 saturated heterocycles. The van der Waals surface area contributed by atoms with E-state index in [1.165, 1.54) is 11.8 Å². The highest BCUT2D eigenvalue weighted by Crippen LogP contribution is 2.27. The maximum atomic E-state index is 12.0. The van der Waals surface area contributed by atoms with Crippen LogP contribution in [0, 0.1) is 0 Å². The van der Waals surface area contributed by atoms with Crippen molar-refractivity contribution < 1.29 is 24.3 Å². The predicted molar refractivity (Wildman–Crippen MR) is 73.1 cm³/mol. The van der Waals surface area contributed by atoms with Crippen LogP contribution in [0.4, 0.5) is 0 Å². The number of nitrogens with zero attached hydrogens (tertiary/aromatic N) is 1. The molecule has 0 radical (unpaired) electrons. The summed E-state index contributed by atoms with van der Waals surface area (Å²) in [6, 6.07) is -1.26. The fraction of sp³-hybridized carbons (Fsp3) is 0.667. The lowest BCUT2D eigenvalue weighted by molar-refractivity contribution is -0.141. The summed E-state index contributed by atoms with van der Waals surface area (Å²) in [5.41, 5.74) is 0. The van der Waals surface area contributed by atoms with Gasteiger partial charge in [0.25, 0.3) is 0 Å². The summed E-state index contributed by atoms with van der Waals surface area (Å²) in [5.74, 6) is -2.10. The Bertz CT molecular complexity index is 438. The number of carbonyl (C=O) groups excluding carboxylic acids is 3. The zero-order chi connectivity index (χ0) is 15.4. The van der Waals surface area contributed by atoms with Crippen molar-refractivity contribution in [2.45, 2.75) is 44.5 Å². The van der Waals surface area contributed by atoms with E-state index in [4.69, 9.17) is 5.11 Å². The van der Waals surface area contributed by atoms with Crippen LogP contribution in [0.25, 0.3) is 0 Å². The number of nitrogens with one attached hydrogen (secondary N) is 1. The van der Waals surface area contributed by atoms with Gasteiger partial charge in [0.2, 0.25) is 17.7 Å². The number of hydrogen-bond acceptors (Lipinski definition) is 5. The fourth-order valence-electron chi connectivity index (χ4n) is 1.93. The Balaban J connectivity index is 2.61. The molecule has 8 heteroatoms. The molecule has 1 aliphatic heterocycles. The number of carboxylic acids is 1. The average molecular weight is 302 g/mol. The average Bonchev–Trinajstić information content (AvgIpc) is 2.58. The minimum atomic E-state index is -1.16. The third-order valence-corrected chi connectivity index (χ3v) is 4.09. The van der Waals surface area contributed by atoms with Gasteiger partial charge < -0.3 is 10.4 Å². The van der Waals surface area contributed by atoms with Gasteiger partial charge in [-0.2, -0.15) is 0 Å². The predicted octanol–water partition coefficient (Wildman–Crippen LogP) is -0.155. The van der Waals surface area contributed by atoms with E-state index in [2.05, 4.69) is 5.32 Å². The molecule has 1 aliphatic rings. The molecule has 1 rings (SSSR count). The van der Waals surface area contributed by atoms with Gasteiger partial charge in [-0.15, -0.1) is 11.8 Å². The molecule has 3 amide bonds. The van der Waals surface area contributed by atoms with Crippen LogP contribution in [0.3, 0.4) is 0 Å². The molecule has 2 N–H and O–H groups in total. The van der Waals surface area contributed by atoms with Gasteiger partial charge in [-0.1, -0.05) is 0 Å². The van der Waals surface area contributed by atoms with Crippen LogP contribution in [0.5, 0.6) is 0 Å². The summed E-state index contributed by atoms with van der Waals surface area (Å²) >= 11 is 1.09. The highest BCUT2D eigenvalue weighted by molar-refractivity contribution is 8.00. The zero-order valence-corrected chi connectivity index (χ0v) is 12.4. The third-order valence-electron chi connectivity index (χ3n) is 2.80. The SMILES string of the molecule is CC(=O)N[C@@H](CSC1CC(=O)N(C(C)C)C1=O)C(=O)O. The molecule has 0 aromatic carbocycles. The van der Waals surface area contributed by atoms with Gasteiger partial charge in [-0.25, -0.2) is 4.79 Å². The normalized spacial score (nSPS) is 20.4. The van der Waals surface area contributed by atoms with Crippen molar-refractivity contribution in [3.8, 4) is 0 Å². The van der Waals surface area contributed by atoms with Crippen LogP contribution in [-0.4, -0.2) is 56.8 Å². The number of hydrogen-bond donors (Lipinski definition) is 2. The summed E-state index contributed by atoms with van der Waals surface area (Å²) in [7, 11) is 0. The molecule has 0 bridgehead atoms. The Hall–Kier alpha value is -1.57. The van der Waals surface area contributed by atoms with Crippen molar-refractivity contribution in [3.63, 3.8) is 0 Å². The summed E-state index contributed by atoms with van der Waals surface area (Å²) in [6.45, 7) is 4.73. The van der Waals surface area contributed by atoms with Gasteiger partial charge in [0.15, 0.2) is 0 Å². The lowest BCUT2D eigenvalue weighted by atomic mass is 10.3. The van der Waals surface area contributed by atoms with Gasteiger partial charge >= 0.3 is 5.97 Å². The number of thioether (sulfide) groups is 1. The summed E-state index contributed by atoms with van der Waals surface area (Å²) in [6.07, 6.45) is 0.0775. The summed E-state index contributed by atoms with van der Waals surface area (Å²) in [4.78, 5) is 46.8. The standard InChI is InChI=1S/C12H18N2O5S/c1-6(2)14-10(16)4-9(11(14)17)20-5-8(12(18)19)13-7(3)15/h6,8-9H,4-5H2,1-3H3,(H,13,15)(H,18,19)/t8-,9?/m0/s1. The molecule has 0 saturated carbocycles. The van der Waals surface area contributed by atoms with E-state index in [-0.39, 0.29) is 30.0 Å². The lowest BCUT2D eigenvalue weighted by Crippen LogP contribution is -2.42. The molecule has 0 spiro atoms. The maximum Gasteiger partial charge on any atom is 0.327 e. The van der Waals surface area contributed by atoms with E-state index in [0.29, 0.717) is 0 Å². The number of imide groups is 1. The minimum absolute atomic E-state index is 0.0462. The highest BCUT2D eigenvalue weighted by atomic mass is 32.2. The molecule has 0 aliphatic carbocycles. The van der Waals surface area contributed by atoms with E-state index in [1.807, 2.05) is 0 Å². The van der Waals surface area contributed by atoms with Crippen LogP contribution in [0.15, 0.2) is 0 Å². The molecule has 2 atom stereocenters. The topological polar surface area (TPSA) is 104 Å². The van der Waals surface area contributed by atoms with E-state index in [0.717, 1.165) is 11.8 Å². The Kier molecular flexibility index (Phi) is 5.55. The second-order valence-electron chi connectivity index (χ2n) is 4.81. The minimum Gasteiger partial charge on any atom is -0.480 e. The highest BCUT2D eigenvalue weighted by Gasteiger charge is 2.40. The number of amides is 3. The third kappa shape index (κ3) is 3.96. The monoisotopic (exact) mass is 302 g/mol. The molecular formula is C12H18N2O5S. The Morgan fingerprint density at radius 3 is 2.45 bits per heavy atom. The first-order valence-corrected chi connectivity index (χ1v) is 7.26. The number of rotatable bonds is 6. The molecule has 1 unspecified atom stereocenters. The van der Waals surface area contributed by atoms with Gasteiger partial charge in [0.1, 0.15) is 6.04 Å². The van der Waals surface area contributed by atoms with Crippen molar-refractivity contribution in [1.29, 1.82) is 0 Å². The molecule has 1 fully saturated rings. The van der Waals surface area contributed by atoms with Crippen molar-refractivity contribution in [2.75, 3.05) is 5.75 Å². The maximum absolute atomic E-state index is 12.0. The summed E-state index contributed by atoms with van der Waals surface area (Å²) < 4.78 is 0. The number of carbonyl (C=O) groups is 4. The molecular weight excluding hydrogens is 284 g/mol. The largest absolute Gasteiger partial charge is 0.480 e. The van der Waals surface area contributed by atoms with Crippen LogP contribution in [-0.2, 0) is 19.2 Å². The van der Waals surface area contributed by atoms with E-state index in [9.17, 15) is 19.2 Å². The second kappa shape index (κ2) is 6.74. The lowest BCUT2D eigenvalue weighted by Gasteiger charge is -2.19. The zero-order valence-electron chi connectivity index (χ0n) is 11.6.